The zero-order valence-corrected chi connectivity index (χ0v) is 102. The van der Waals surface area contributed by atoms with Crippen LogP contribution in [0.1, 0.15) is 189 Å². The summed E-state index contributed by atoms with van der Waals surface area (Å²) in [6.07, 6.45) is 9.52. The van der Waals surface area contributed by atoms with Crippen molar-refractivity contribution >= 4 is 233 Å². The van der Waals surface area contributed by atoms with Crippen molar-refractivity contribution < 1.29 is 32.9 Å². The molecule has 2 N–H and O–H groups in total. The maximum Gasteiger partial charge on any atom is 0.214 e. The Kier molecular flexibility index (Phi) is 30.4. The van der Waals surface area contributed by atoms with Crippen molar-refractivity contribution in [2.45, 2.75) is 311 Å². The second-order valence-electron chi connectivity index (χ2n) is 43.1. The van der Waals surface area contributed by atoms with Crippen molar-refractivity contribution in [2.24, 2.45) is 0 Å². The molecule has 0 spiro atoms. The number of benzene rings is 4. The number of aromatic nitrogens is 4. The fraction of sp³-hybridized carbons (Fsp3) is 0.522. The molecule has 0 fully saturated rings. The third-order valence-electron chi connectivity index (χ3n) is 29.0. The van der Waals surface area contributed by atoms with Crippen LogP contribution in [0.3, 0.4) is 0 Å². The van der Waals surface area contributed by atoms with E-state index in [0.717, 1.165) is 67.1 Å². The van der Waals surface area contributed by atoms with Crippen LogP contribution in [-0.4, -0.2) is 165 Å². The quantitative estimate of drug-likeness (QED) is 0.0457. The molecular formula is C92H158N4O8Si16. The van der Waals surface area contributed by atoms with Gasteiger partial charge in [-0.1, -0.05) is 291 Å². The summed E-state index contributed by atoms with van der Waals surface area (Å²) < 4.78 is 62.1. The van der Waals surface area contributed by atoms with Gasteiger partial charge in [0.25, 0.3) is 0 Å². The van der Waals surface area contributed by atoms with Gasteiger partial charge < -0.3 is 42.9 Å². The van der Waals surface area contributed by atoms with E-state index in [1.807, 2.05) is 0 Å². The van der Waals surface area contributed by atoms with Crippen molar-refractivity contribution in [1.82, 2.24) is 19.9 Å². The van der Waals surface area contributed by atoms with E-state index in [4.69, 9.17) is 42.9 Å². The highest BCUT2D eigenvalue weighted by atomic mass is 28.4. The molecule has 120 heavy (non-hydrogen) atoms. The molecule has 3 aromatic heterocycles. The van der Waals surface area contributed by atoms with Crippen molar-refractivity contribution in [2.75, 3.05) is 0 Å². The molecule has 2 aliphatic heterocycles. The molecule has 658 valence electrons. The molecule has 0 amide bonds. The maximum absolute atomic E-state index is 7.76. The fourth-order valence-corrected chi connectivity index (χ4v) is 72.1. The normalized spacial score (nSPS) is 18.5. The molecule has 8 atom stereocenters. The van der Waals surface area contributed by atoms with Gasteiger partial charge in [0, 0.05) is 44.3 Å². The van der Waals surface area contributed by atoms with E-state index in [1.165, 1.54) is 63.7 Å². The Morgan fingerprint density at radius 1 is 0.208 bits per heavy atom. The van der Waals surface area contributed by atoms with Gasteiger partial charge in [-0.15, -0.1) is 0 Å². The largest absolute Gasteiger partial charge is 0.457 e. The summed E-state index contributed by atoms with van der Waals surface area (Å²) in [5.41, 5.74) is 16.3. The molecule has 12 nitrogen and oxygen atoms in total. The van der Waals surface area contributed by atoms with Crippen LogP contribution < -0.4 is 41.5 Å². The molecule has 2 aliphatic rings. The van der Waals surface area contributed by atoms with Crippen LogP contribution in [0.25, 0.3) is 90.9 Å². The van der Waals surface area contributed by atoms with Crippen molar-refractivity contribution in [1.29, 1.82) is 0 Å². The summed E-state index contributed by atoms with van der Waals surface area (Å²) in [4.78, 5) is 22.2. The van der Waals surface area contributed by atoms with Crippen LogP contribution in [-0.2, 0) is 32.9 Å². The lowest BCUT2D eigenvalue weighted by Crippen LogP contribution is -2.61. The van der Waals surface area contributed by atoms with Crippen molar-refractivity contribution in [3.8, 4) is 44.5 Å². The first-order valence-corrected chi connectivity index (χ1v) is 80.3. The predicted molar refractivity (Wildman–Crippen MR) is 572 cm³/mol. The van der Waals surface area contributed by atoms with Gasteiger partial charge in [-0.25, -0.2) is 9.97 Å². The Labute approximate surface area is 754 Å². The van der Waals surface area contributed by atoms with E-state index < -0.39 is 145 Å². The maximum atomic E-state index is 7.76. The molecule has 0 radical (unpaired) electrons. The van der Waals surface area contributed by atoms with Crippen molar-refractivity contribution in [3.63, 3.8) is 0 Å². The minimum absolute atomic E-state index is 0.240. The minimum atomic E-state index is -3.01. The number of H-pyrrole nitrogens is 2. The third kappa shape index (κ3) is 17.8. The third-order valence-corrected chi connectivity index (χ3v) is 91.2. The van der Waals surface area contributed by atoms with E-state index in [9.17, 15) is 0 Å². The number of hydrogen-bond donors (Lipinski definition) is 2. The first-order valence-electron chi connectivity index (χ1n) is 45.1. The Morgan fingerprint density at radius 3 is 0.442 bits per heavy atom. The summed E-state index contributed by atoms with van der Waals surface area (Å²) in [5, 5.41) is 8.30. The minimum Gasteiger partial charge on any atom is -0.457 e. The van der Waals surface area contributed by atoms with Gasteiger partial charge in [-0.2, -0.15) is 0 Å². The van der Waals surface area contributed by atoms with Crippen LogP contribution in [0.5, 0.6) is 0 Å². The summed E-state index contributed by atoms with van der Waals surface area (Å²) in [6.45, 7) is 97.1. The molecule has 4 aromatic carbocycles. The number of rotatable bonds is 28. The molecule has 0 saturated carbocycles. The smallest absolute Gasteiger partial charge is 0.214 e. The SMILES string of the molecule is C[SiH2]O[Si](C)(c1cccc([Si](C)(O[SiH2]C)C(C)(C)C)c1-c1c2nc(c(-c3c([Si](C)(O[SiH2]C)C(C)(C)C)cccc3[Si](C)(O[SiH2]C)C(C)(C)C)c3ccc([nH]3)c(-c3c([Si](C)(O[SiH2]C)C(C)(C)C)cccc3[Si](C)(O[SiH2]C)C(C)(C)C)c3nc(c(-c4c([Si](C)(O[SiH2]C)C(C)(C)C)cccc4[Si](C)(O[SiH2]C)C(C)(C)C)c4ccc1[nH]4)C=C3)C=C2)C(C)(C)C. The number of nitrogens with zero attached hydrogens (tertiary/aromatic N) is 2. The van der Waals surface area contributed by atoms with Gasteiger partial charge in [-0.05, 0) is 205 Å². The highest BCUT2D eigenvalue weighted by Gasteiger charge is 2.56. The van der Waals surface area contributed by atoms with Crippen LogP contribution in [0.4, 0.5) is 0 Å². The first kappa shape index (κ1) is 100. The number of nitrogens with one attached hydrogen (secondary N) is 2. The molecule has 9 rings (SSSR count). The molecule has 5 heterocycles. The lowest BCUT2D eigenvalue weighted by atomic mass is 10.0. The summed E-state index contributed by atoms with van der Waals surface area (Å²) in [7, 11) is -32.0. The molecular weight excluding hydrogens is 1740 g/mol. The Bertz CT molecular complexity index is 4340. The van der Waals surface area contributed by atoms with Gasteiger partial charge in [0.2, 0.25) is 66.5 Å². The average molecular weight is 1900 g/mol. The monoisotopic (exact) mass is 1890 g/mol. The Balaban J connectivity index is 1.85. The van der Waals surface area contributed by atoms with Gasteiger partial charge >= 0.3 is 0 Å². The van der Waals surface area contributed by atoms with Crippen LogP contribution in [0.2, 0.25) is 145 Å². The van der Waals surface area contributed by atoms with Gasteiger partial charge in [0.05, 0.1) is 22.8 Å². The summed E-state index contributed by atoms with van der Waals surface area (Å²) >= 11 is 0. The fourth-order valence-electron chi connectivity index (χ4n) is 18.6. The lowest BCUT2D eigenvalue weighted by Gasteiger charge is -2.45. The summed E-state index contributed by atoms with van der Waals surface area (Å²) in [6, 6.07) is 38.7. The Morgan fingerprint density at radius 2 is 0.333 bits per heavy atom. The Hall–Kier alpha value is -3.37. The van der Waals surface area contributed by atoms with Crippen LogP contribution >= 0.6 is 0 Å². The lowest BCUT2D eigenvalue weighted by molar-refractivity contribution is 0.527. The van der Waals surface area contributed by atoms with E-state index in [0.29, 0.717) is 0 Å². The second kappa shape index (κ2) is 36.3. The predicted octanol–water partition coefficient (Wildman–Crippen LogP) is 17.2. The number of hydrogen-bond acceptors (Lipinski definition) is 10. The topological polar surface area (TPSA) is 131 Å². The highest BCUT2D eigenvalue weighted by molar-refractivity contribution is 6.99. The second-order valence-corrected chi connectivity index (χ2v) is 89.8. The van der Waals surface area contributed by atoms with E-state index in [-0.39, 0.29) is 40.3 Å². The van der Waals surface area contributed by atoms with E-state index >= 15 is 0 Å². The zero-order valence-electron chi connectivity index (χ0n) is 82.4. The average Bonchev–Trinajstić information content (AvgIpc) is 1.35. The van der Waals surface area contributed by atoms with Crippen LogP contribution in [0, 0.1) is 0 Å². The number of fused-ring (bicyclic) bond motifs is 8. The van der Waals surface area contributed by atoms with Crippen molar-refractivity contribution in [3.05, 3.63) is 120 Å². The first-order chi connectivity index (χ1) is 55.3. The molecule has 0 aliphatic carbocycles. The molecule has 8 unspecified atom stereocenters. The summed E-state index contributed by atoms with van der Waals surface area (Å²) in [5.74, 6) is 0. The van der Waals surface area contributed by atoms with Gasteiger partial charge in [0.15, 0.2) is 0 Å². The molecule has 28 heteroatoms. The van der Waals surface area contributed by atoms with E-state index in [2.05, 4.69) is 402 Å². The standard InChI is InChI=1S/C92H158N4O8Si16/c1-85(2,3)113(33,97-105-25)69-45-41-46-70(114(34,98-106-26)86(4,5)6)81(69)77-61-53-55-63(93-61)78(82-71(115(35,99-107-27)87(7,8)9)47-42-48-72(82)116(36,100-108-28)88(10,11)12)65-57-59-67(95-65)80(84-75(119(39,103-111-31)91(19,20)21)51-44-52-76(84)120(40,104-112-32)92(22,23)24)68-60-58-66(96-68)79(64-56-54-62(77)94-64)83-73(117(37,101-109-29)89(13,14)15)49-43-50-74(83)118(38,102-110-30)90(16,17)18/h41-60,93,96H,105-112H2,1-40H3. The zero-order chi connectivity index (χ0) is 90.1. The highest BCUT2D eigenvalue weighted by Crippen LogP contribution is 2.51. The van der Waals surface area contributed by atoms with Crippen LogP contribution in [0.15, 0.2) is 97.1 Å². The molecule has 8 bridgehead atoms. The molecule has 0 saturated heterocycles. The number of aromatic amines is 2. The molecule has 7 aromatic rings. The van der Waals surface area contributed by atoms with Gasteiger partial charge in [-0.3, -0.25) is 0 Å². The van der Waals surface area contributed by atoms with Gasteiger partial charge in [0.1, 0.15) is 78.1 Å². The van der Waals surface area contributed by atoms with E-state index in [1.54, 1.807) is 0 Å².